The van der Waals surface area contributed by atoms with Gasteiger partial charge in [0.2, 0.25) is 0 Å². The number of aliphatic hydroxyl groups excluding tert-OH is 2. The second-order valence-corrected chi connectivity index (χ2v) is 10.9. The van der Waals surface area contributed by atoms with Crippen molar-refractivity contribution in [3.05, 3.63) is 0 Å². The lowest BCUT2D eigenvalue weighted by Gasteiger charge is -2.27. The van der Waals surface area contributed by atoms with E-state index in [0.29, 0.717) is 13.1 Å². The molecular weight excluding hydrogens is 448 g/mol. The van der Waals surface area contributed by atoms with Gasteiger partial charge in [0.15, 0.2) is 0 Å². The van der Waals surface area contributed by atoms with Crippen LogP contribution in [0.3, 0.4) is 0 Å². The minimum Gasteiger partial charge on any atom is -0.392 e. The summed E-state index contributed by atoms with van der Waals surface area (Å²) in [5.41, 5.74) is 5.51. The van der Waals surface area contributed by atoms with Crippen LogP contribution >= 0.6 is 0 Å². The first-order valence-electron chi connectivity index (χ1n) is 15.8. The Hall–Kier alpha value is -0.240. The molecule has 0 radical (unpaired) electrons. The monoisotopic (exact) mass is 515 g/mol. The van der Waals surface area contributed by atoms with E-state index in [1.54, 1.807) is 0 Å². The molecule has 0 aromatic carbocycles. The van der Waals surface area contributed by atoms with Crippen molar-refractivity contribution in [2.45, 2.75) is 142 Å². The molecule has 6 nitrogen and oxygen atoms in total. The van der Waals surface area contributed by atoms with Gasteiger partial charge in [-0.1, -0.05) is 90.9 Å². The highest BCUT2D eigenvalue weighted by Crippen LogP contribution is 2.12. The molecule has 0 saturated carbocycles. The zero-order valence-electron chi connectivity index (χ0n) is 24.5. The van der Waals surface area contributed by atoms with Crippen LogP contribution in [0.1, 0.15) is 129 Å². The summed E-state index contributed by atoms with van der Waals surface area (Å²) in [7, 11) is 0. The first-order chi connectivity index (χ1) is 17.6. The van der Waals surface area contributed by atoms with Crippen molar-refractivity contribution in [3.63, 3.8) is 0 Å². The van der Waals surface area contributed by atoms with Crippen molar-refractivity contribution in [2.24, 2.45) is 5.73 Å². The summed E-state index contributed by atoms with van der Waals surface area (Å²) in [6.45, 7) is 11.7. The number of hydrogen-bond acceptors (Lipinski definition) is 6. The average molecular weight is 515 g/mol. The maximum atomic E-state index is 10.7. The second kappa shape index (κ2) is 29.3. The lowest BCUT2D eigenvalue weighted by Crippen LogP contribution is -2.39. The Morgan fingerprint density at radius 1 is 0.556 bits per heavy atom. The fourth-order valence-electron chi connectivity index (χ4n) is 4.76. The van der Waals surface area contributed by atoms with E-state index in [9.17, 15) is 10.2 Å². The quantitative estimate of drug-likeness (QED) is 0.0845. The molecule has 0 aliphatic rings. The van der Waals surface area contributed by atoms with Gasteiger partial charge in [0.1, 0.15) is 0 Å². The predicted molar refractivity (Wildman–Crippen MR) is 158 cm³/mol. The lowest BCUT2D eigenvalue weighted by molar-refractivity contribution is 0.0600. The van der Waals surface area contributed by atoms with Crippen LogP contribution < -0.4 is 16.4 Å². The number of aliphatic hydroxyl groups is 2. The zero-order chi connectivity index (χ0) is 26.5. The van der Waals surface area contributed by atoms with Gasteiger partial charge in [0.05, 0.1) is 12.2 Å². The van der Waals surface area contributed by atoms with Gasteiger partial charge >= 0.3 is 0 Å². The number of nitrogens with zero attached hydrogens (tertiary/aromatic N) is 1. The standard InChI is InChI=1S/C30H66N4O2/c1-3-5-7-9-11-13-19-29(35)27-34(28-30(36)20-14-12-10-8-6-4-2)26-18-25-33-23-16-15-22-32-24-17-21-31/h29-30,32-33,35-36H,3-28,31H2,1-2H3. The van der Waals surface area contributed by atoms with E-state index in [1.807, 2.05) is 0 Å². The summed E-state index contributed by atoms with van der Waals surface area (Å²) in [5.74, 6) is 0. The Balaban J connectivity index is 4.15. The van der Waals surface area contributed by atoms with Crippen molar-refractivity contribution in [2.75, 3.05) is 52.4 Å². The van der Waals surface area contributed by atoms with Crippen LogP contribution in [0.25, 0.3) is 0 Å². The van der Waals surface area contributed by atoms with Gasteiger partial charge in [0, 0.05) is 13.1 Å². The molecule has 36 heavy (non-hydrogen) atoms. The largest absolute Gasteiger partial charge is 0.392 e. The summed E-state index contributed by atoms with van der Waals surface area (Å²) in [4.78, 5) is 2.31. The lowest BCUT2D eigenvalue weighted by atomic mass is 10.1. The van der Waals surface area contributed by atoms with Crippen molar-refractivity contribution in [1.82, 2.24) is 15.5 Å². The third-order valence-corrected chi connectivity index (χ3v) is 7.06. The highest BCUT2D eigenvalue weighted by atomic mass is 16.3. The van der Waals surface area contributed by atoms with Crippen LogP contribution in [-0.2, 0) is 0 Å². The van der Waals surface area contributed by atoms with Gasteiger partial charge < -0.3 is 26.6 Å². The molecule has 0 aliphatic carbocycles. The van der Waals surface area contributed by atoms with E-state index >= 15 is 0 Å². The molecule has 0 fully saturated rings. The topological polar surface area (TPSA) is 93.8 Å². The molecule has 0 heterocycles. The fraction of sp³-hybridized carbons (Fsp3) is 1.00. The molecule has 0 bridgehead atoms. The maximum Gasteiger partial charge on any atom is 0.0667 e. The average Bonchev–Trinajstić information content (AvgIpc) is 2.86. The van der Waals surface area contributed by atoms with Gasteiger partial charge in [-0.15, -0.1) is 0 Å². The predicted octanol–water partition coefficient (Wildman–Crippen LogP) is 5.21. The summed E-state index contributed by atoms with van der Waals surface area (Å²) >= 11 is 0. The smallest absolute Gasteiger partial charge is 0.0667 e. The normalized spacial score (nSPS) is 13.5. The van der Waals surface area contributed by atoms with Crippen molar-refractivity contribution in [3.8, 4) is 0 Å². The highest BCUT2D eigenvalue weighted by molar-refractivity contribution is 4.70. The summed E-state index contributed by atoms with van der Waals surface area (Å²) in [6.07, 6.45) is 20.8. The summed E-state index contributed by atoms with van der Waals surface area (Å²) < 4.78 is 0. The Bertz CT molecular complexity index is 390. The molecule has 2 unspecified atom stereocenters. The Morgan fingerprint density at radius 2 is 0.972 bits per heavy atom. The van der Waals surface area contributed by atoms with Crippen LogP contribution in [-0.4, -0.2) is 79.7 Å². The van der Waals surface area contributed by atoms with Gasteiger partial charge in [-0.25, -0.2) is 0 Å². The molecule has 0 rings (SSSR count). The Kier molecular flexibility index (Phi) is 29.1. The van der Waals surface area contributed by atoms with E-state index in [-0.39, 0.29) is 12.2 Å². The van der Waals surface area contributed by atoms with Crippen molar-refractivity contribution >= 4 is 0 Å². The maximum absolute atomic E-state index is 10.7. The minimum atomic E-state index is -0.280. The van der Waals surface area contributed by atoms with Crippen LogP contribution in [0, 0.1) is 0 Å². The molecule has 218 valence electrons. The first kappa shape index (κ1) is 35.8. The molecule has 0 aliphatic heterocycles. The SMILES string of the molecule is CCCCCCCCC(O)CN(CCCNCCCCNCCCN)CC(O)CCCCCCCC. The third-order valence-electron chi connectivity index (χ3n) is 7.06. The van der Waals surface area contributed by atoms with Crippen molar-refractivity contribution < 1.29 is 10.2 Å². The number of unbranched alkanes of at least 4 members (excludes halogenated alkanes) is 11. The van der Waals surface area contributed by atoms with Gasteiger partial charge in [-0.3, -0.25) is 4.90 Å². The molecule has 6 heteroatoms. The van der Waals surface area contributed by atoms with Gasteiger partial charge in [0.25, 0.3) is 0 Å². The van der Waals surface area contributed by atoms with E-state index in [2.05, 4.69) is 29.4 Å². The molecule has 6 N–H and O–H groups in total. The van der Waals surface area contributed by atoms with Crippen molar-refractivity contribution in [1.29, 1.82) is 0 Å². The van der Waals surface area contributed by atoms with E-state index in [4.69, 9.17) is 5.73 Å². The number of hydrogen-bond donors (Lipinski definition) is 5. The van der Waals surface area contributed by atoms with Gasteiger partial charge in [-0.05, 0) is 77.8 Å². The third kappa shape index (κ3) is 26.8. The van der Waals surface area contributed by atoms with Crippen LogP contribution in [0.4, 0.5) is 0 Å². The van der Waals surface area contributed by atoms with Gasteiger partial charge in [-0.2, -0.15) is 0 Å². The molecular formula is C30H66N4O2. The Morgan fingerprint density at radius 3 is 1.44 bits per heavy atom. The number of nitrogens with one attached hydrogen (secondary N) is 2. The molecule has 0 saturated heterocycles. The molecule has 0 spiro atoms. The van der Waals surface area contributed by atoms with Crippen LogP contribution in [0.15, 0.2) is 0 Å². The highest BCUT2D eigenvalue weighted by Gasteiger charge is 2.15. The molecule has 0 aromatic rings. The summed E-state index contributed by atoms with van der Waals surface area (Å²) in [5, 5.41) is 28.3. The van der Waals surface area contributed by atoms with Crippen LogP contribution in [0.2, 0.25) is 0 Å². The minimum absolute atomic E-state index is 0.280. The van der Waals surface area contributed by atoms with Crippen LogP contribution in [0.5, 0.6) is 0 Å². The second-order valence-electron chi connectivity index (χ2n) is 10.9. The molecule has 0 aromatic heterocycles. The zero-order valence-corrected chi connectivity index (χ0v) is 24.5. The fourth-order valence-corrected chi connectivity index (χ4v) is 4.76. The first-order valence-corrected chi connectivity index (χ1v) is 15.8. The number of rotatable bonds is 30. The molecule has 0 amide bonds. The molecule has 2 atom stereocenters. The van der Waals surface area contributed by atoms with E-state index in [0.717, 1.165) is 77.8 Å². The van der Waals surface area contributed by atoms with E-state index in [1.165, 1.54) is 77.0 Å². The van der Waals surface area contributed by atoms with E-state index < -0.39 is 0 Å². The Labute approximate surface area is 225 Å². The number of nitrogens with two attached hydrogens (primary N) is 1. The summed E-state index contributed by atoms with van der Waals surface area (Å²) in [6, 6.07) is 0.